The Labute approximate surface area is 158 Å². The normalized spacial score (nSPS) is 9.27. The second kappa shape index (κ2) is 12.7. The molecule has 0 saturated heterocycles. The maximum atomic E-state index is 7.57. The number of aliphatic hydroxyl groups excluding tert-OH is 1. The Balaban J connectivity index is 0.000000499. The van der Waals surface area contributed by atoms with E-state index in [2.05, 4.69) is 98.5 Å². The third-order valence-electron chi connectivity index (χ3n) is 3.32. The number of para-hydroxylation sites is 2. The van der Waals surface area contributed by atoms with Crippen molar-refractivity contribution in [2.45, 2.75) is 34.1 Å². The van der Waals surface area contributed by atoms with E-state index in [-0.39, 0.29) is 6.61 Å². The summed E-state index contributed by atoms with van der Waals surface area (Å²) in [5.74, 6) is 0. The van der Waals surface area contributed by atoms with Crippen molar-refractivity contribution in [2.75, 3.05) is 11.5 Å². The first-order valence-electron chi connectivity index (χ1n) is 9.25. The first-order chi connectivity index (χ1) is 12.7. The second-order valence-corrected chi connectivity index (χ2v) is 5.87. The molecule has 0 saturated carbocycles. The van der Waals surface area contributed by atoms with E-state index in [9.17, 15) is 0 Å². The Bertz CT molecular complexity index is 652. The summed E-state index contributed by atoms with van der Waals surface area (Å²) in [4.78, 5) is 2.26. The van der Waals surface area contributed by atoms with Gasteiger partial charge in [0.2, 0.25) is 0 Å². The highest BCUT2D eigenvalue weighted by atomic mass is 16.2. The van der Waals surface area contributed by atoms with Gasteiger partial charge in [0.25, 0.3) is 0 Å². The van der Waals surface area contributed by atoms with Crippen LogP contribution in [0.3, 0.4) is 0 Å². The van der Waals surface area contributed by atoms with Gasteiger partial charge in [0.1, 0.15) is 0 Å². The number of hydrogen-bond acceptors (Lipinski definition) is 2. The van der Waals surface area contributed by atoms with E-state index in [0.717, 1.165) is 0 Å². The molecule has 0 amide bonds. The quantitative estimate of drug-likeness (QED) is 0.557. The van der Waals surface area contributed by atoms with Crippen LogP contribution < -0.4 is 4.90 Å². The smallest absolute Gasteiger partial charge is 0.0461 e. The summed E-state index contributed by atoms with van der Waals surface area (Å²) in [6, 6.07) is 29.5. The lowest BCUT2D eigenvalue weighted by Crippen LogP contribution is -2.09. The highest BCUT2D eigenvalue weighted by Gasteiger charge is 2.10. The van der Waals surface area contributed by atoms with Crippen molar-refractivity contribution in [1.82, 2.24) is 0 Å². The third kappa shape index (κ3) is 7.12. The molecule has 0 atom stereocenters. The van der Waals surface area contributed by atoms with E-state index < -0.39 is 0 Å². The molecule has 138 valence electrons. The molecule has 26 heavy (non-hydrogen) atoms. The minimum absolute atomic E-state index is 0.250. The molecule has 3 rings (SSSR count). The van der Waals surface area contributed by atoms with E-state index in [1.807, 2.05) is 12.1 Å². The average molecular weight is 350 g/mol. The van der Waals surface area contributed by atoms with Gasteiger partial charge >= 0.3 is 0 Å². The van der Waals surface area contributed by atoms with Crippen LogP contribution in [0.5, 0.6) is 0 Å². The zero-order valence-electron chi connectivity index (χ0n) is 16.4. The Morgan fingerprint density at radius 2 is 0.923 bits per heavy atom. The molecule has 0 radical (unpaired) electrons. The molecule has 3 aromatic carbocycles. The number of benzene rings is 3. The topological polar surface area (TPSA) is 23.5 Å². The summed E-state index contributed by atoms with van der Waals surface area (Å²) in [5.41, 5.74) is 4.79. The average Bonchev–Trinajstić information content (AvgIpc) is 2.67. The van der Waals surface area contributed by atoms with Gasteiger partial charge in [-0.15, -0.1) is 0 Å². The van der Waals surface area contributed by atoms with Gasteiger partial charge in [0.05, 0.1) is 0 Å². The first kappa shape index (κ1) is 21.5. The molecule has 0 bridgehead atoms. The van der Waals surface area contributed by atoms with Crippen molar-refractivity contribution in [3.05, 3.63) is 90.5 Å². The van der Waals surface area contributed by atoms with E-state index in [1.165, 1.54) is 29.0 Å². The van der Waals surface area contributed by atoms with Crippen LogP contribution in [0, 0.1) is 6.92 Å². The number of rotatable bonds is 3. The van der Waals surface area contributed by atoms with Crippen molar-refractivity contribution in [1.29, 1.82) is 0 Å². The van der Waals surface area contributed by atoms with Crippen LogP contribution in [0.2, 0.25) is 0 Å². The van der Waals surface area contributed by atoms with Crippen LogP contribution in [0.4, 0.5) is 17.1 Å². The Hall–Kier alpha value is -2.58. The molecule has 0 aliphatic heterocycles. The van der Waals surface area contributed by atoms with E-state index in [1.54, 1.807) is 6.92 Å². The van der Waals surface area contributed by atoms with Crippen molar-refractivity contribution >= 4 is 17.1 Å². The zero-order chi connectivity index (χ0) is 19.2. The van der Waals surface area contributed by atoms with Gasteiger partial charge in [-0.3, -0.25) is 0 Å². The van der Waals surface area contributed by atoms with E-state index in [4.69, 9.17) is 5.11 Å². The van der Waals surface area contributed by atoms with Crippen LogP contribution in [0.15, 0.2) is 84.9 Å². The molecule has 0 aromatic heterocycles. The standard InChI is InChI=1S/C19H17N.C3H8.C2H6O/c1-16-12-14-19(15-13-16)20(17-8-4-2-5-9-17)18-10-6-3-7-11-18;1-3-2;1-2-3/h2-15H,1H3;3H2,1-2H3;3H,2H2,1H3. The summed E-state index contributed by atoms with van der Waals surface area (Å²) in [6.07, 6.45) is 1.25. The van der Waals surface area contributed by atoms with E-state index in [0.29, 0.717) is 0 Å². The molecule has 0 aliphatic carbocycles. The van der Waals surface area contributed by atoms with Crippen LogP contribution >= 0.6 is 0 Å². The van der Waals surface area contributed by atoms with Crippen LogP contribution in [-0.2, 0) is 0 Å². The monoisotopic (exact) mass is 349 g/mol. The Morgan fingerprint density at radius 1 is 0.615 bits per heavy atom. The number of hydrogen-bond donors (Lipinski definition) is 1. The van der Waals surface area contributed by atoms with Crippen molar-refractivity contribution in [3.63, 3.8) is 0 Å². The SMILES string of the molecule is CCC.CCO.Cc1ccc(N(c2ccccc2)c2ccccc2)cc1. The van der Waals surface area contributed by atoms with Gasteiger partial charge in [-0.1, -0.05) is 74.4 Å². The highest BCUT2D eigenvalue weighted by Crippen LogP contribution is 2.33. The third-order valence-corrected chi connectivity index (χ3v) is 3.32. The van der Waals surface area contributed by atoms with Crippen LogP contribution in [-0.4, -0.2) is 11.7 Å². The molecule has 0 unspecified atom stereocenters. The van der Waals surface area contributed by atoms with Gasteiger partial charge in [-0.05, 0) is 50.2 Å². The molecular formula is C24H31NO. The summed E-state index contributed by atoms with van der Waals surface area (Å²) in [7, 11) is 0. The lowest BCUT2D eigenvalue weighted by molar-refractivity contribution is 0.318. The molecule has 0 heterocycles. The maximum Gasteiger partial charge on any atom is 0.0461 e. The van der Waals surface area contributed by atoms with E-state index >= 15 is 0 Å². The summed E-state index contributed by atoms with van der Waals surface area (Å²) in [5, 5.41) is 7.57. The van der Waals surface area contributed by atoms with Crippen molar-refractivity contribution in [3.8, 4) is 0 Å². The van der Waals surface area contributed by atoms with Crippen molar-refractivity contribution in [2.24, 2.45) is 0 Å². The lowest BCUT2D eigenvalue weighted by atomic mass is 10.1. The number of aryl methyl sites for hydroxylation is 1. The number of aliphatic hydroxyl groups is 1. The van der Waals surface area contributed by atoms with Crippen LogP contribution in [0.25, 0.3) is 0 Å². The van der Waals surface area contributed by atoms with Crippen molar-refractivity contribution < 1.29 is 5.11 Å². The predicted molar refractivity (Wildman–Crippen MR) is 115 cm³/mol. The lowest BCUT2D eigenvalue weighted by Gasteiger charge is -2.25. The molecule has 0 spiro atoms. The molecular weight excluding hydrogens is 318 g/mol. The van der Waals surface area contributed by atoms with Gasteiger partial charge < -0.3 is 10.0 Å². The van der Waals surface area contributed by atoms with Crippen LogP contribution in [0.1, 0.15) is 32.8 Å². The van der Waals surface area contributed by atoms with Gasteiger partial charge in [0, 0.05) is 23.7 Å². The van der Waals surface area contributed by atoms with Gasteiger partial charge in [-0.25, -0.2) is 0 Å². The second-order valence-electron chi connectivity index (χ2n) is 5.87. The molecule has 1 N–H and O–H groups in total. The summed E-state index contributed by atoms with van der Waals surface area (Å²) >= 11 is 0. The van der Waals surface area contributed by atoms with Gasteiger partial charge in [-0.2, -0.15) is 0 Å². The fraction of sp³-hybridized carbons (Fsp3) is 0.250. The van der Waals surface area contributed by atoms with Gasteiger partial charge in [0.15, 0.2) is 0 Å². The predicted octanol–water partition coefficient (Wildman–Crippen LogP) is 6.88. The first-order valence-corrected chi connectivity index (χ1v) is 9.25. The minimum Gasteiger partial charge on any atom is -0.397 e. The molecule has 2 nitrogen and oxygen atoms in total. The summed E-state index contributed by atoms with van der Waals surface area (Å²) < 4.78 is 0. The Kier molecular flexibility index (Phi) is 10.5. The largest absolute Gasteiger partial charge is 0.397 e. The molecule has 0 fully saturated rings. The molecule has 2 heteroatoms. The molecule has 3 aromatic rings. The molecule has 0 aliphatic rings. The fourth-order valence-corrected chi connectivity index (χ4v) is 2.30. The minimum atomic E-state index is 0.250. The maximum absolute atomic E-state index is 7.57. The number of anilines is 3. The highest BCUT2D eigenvalue weighted by molar-refractivity contribution is 5.76. The Morgan fingerprint density at radius 3 is 1.27 bits per heavy atom. The summed E-state index contributed by atoms with van der Waals surface area (Å²) in [6.45, 7) is 8.29. The zero-order valence-corrected chi connectivity index (χ0v) is 16.4. The number of nitrogens with zero attached hydrogens (tertiary/aromatic N) is 1. The fourth-order valence-electron chi connectivity index (χ4n) is 2.30.